The molecule has 0 radical (unpaired) electrons. The number of hydrogen-bond donors (Lipinski definition) is 3. The minimum atomic E-state index is -0.926. The molecule has 0 fully saturated rings. The Bertz CT molecular complexity index is 1440. The Hall–Kier alpha value is -4.11. The molecule has 184 valence electrons. The van der Waals surface area contributed by atoms with Gasteiger partial charge in [-0.15, -0.1) is 0 Å². The third-order valence-corrected chi connectivity index (χ3v) is 5.81. The number of amides is 3. The molecule has 1 heterocycles. The lowest BCUT2D eigenvalue weighted by Gasteiger charge is -2.13. The predicted octanol–water partition coefficient (Wildman–Crippen LogP) is 5.38. The molecule has 3 aromatic carbocycles. The van der Waals surface area contributed by atoms with Crippen LogP contribution in [0.2, 0.25) is 0 Å². The molecule has 0 bridgehead atoms. The first-order valence-electron chi connectivity index (χ1n) is 11.3. The first-order chi connectivity index (χ1) is 17.2. The van der Waals surface area contributed by atoms with Crippen LogP contribution in [0.25, 0.3) is 10.9 Å². The molecule has 0 unspecified atom stereocenters. The van der Waals surface area contributed by atoms with Crippen LogP contribution in [0.15, 0.2) is 71.2 Å². The number of nitrogens with one attached hydrogen (secondary N) is 3. The van der Waals surface area contributed by atoms with Gasteiger partial charge in [0.2, 0.25) is 0 Å². The molecule has 9 heteroatoms. The van der Waals surface area contributed by atoms with Gasteiger partial charge < -0.3 is 15.4 Å². The van der Waals surface area contributed by atoms with E-state index in [1.165, 1.54) is 4.68 Å². The molecule has 0 aliphatic heterocycles. The van der Waals surface area contributed by atoms with Gasteiger partial charge in [-0.05, 0) is 92.6 Å². The summed E-state index contributed by atoms with van der Waals surface area (Å²) < 4.78 is 7.52. The molecule has 3 amide bonds. The fraction of sp³-hybridized carbons (Fsp3) is 0.148. The van der Waals surface area contributed by atoms with E-state index >= 15 is 0 Å². The quantitative estimate of drug-likeness (QED) is 0.281. The molecule has 8 nitrogen and oxygen atoms in total. The summed E-state index contributed by atoms with van der Waals surface area (Å²) in [6.07, 6.45) is 0. The Morgan fingerprint density at radius 3 is 2.19 bits per heavy atom. The molecule has 0 atom stereocenters. The molecule has 1 aromatic heterocycles. The molecular weight excluding hydrogens is 524 g/mol. The van der Waals surface area contributed by atoms with E-state index in [0.717, 1.165) is 15.6 Å². The second-order valence-corrected chi connectivity index (χ2v) is 9.17. The standard InChI is InChI=1S/C27H25BrN4O4/c1-4-36-22-8-6-20(7-9-22)29-26(34)27(35)31-32-23-10-5-19(28)14-18(23)15-24(32)25(33)30-21-12-16(2)11-17(3)13-21/h5-15H,4H2,1-3H3,(H,29,34)(H,30,33)(H,31,35). The highest BCUT2D eigenvalue weighted by molar-refractivity contribution is 9.10. The minimum absolute atomic E-state index is 0.171. The Balaban J connectivity index is 1.58. The van der Waals surface area contributed by atoms with Crippen molar-refractivity contribution >= 4 is 55.9 Å². The van der Waals surface area contributed by atoms with Crippen molar-refractivity contribution in [3.05, 3.63) is 88.0 Å². The molecular formula is C27H25BrN4O4. The molecule has 36 heavy (non-hydrogen) atoms. The highest BCUT2D eigenvalue weighted by Gasteiger charge is 2.21. The highest BCUT2D eigenvalue weighted by atomic mass is 79.9. The van der Waals surface area contributed by atoms with Crippen molar-refractivity contribution in [2.24, 2.45) is 0 Å². The number of rotatable bonds is 6. The summed E-state index contributed by atoms with van der Waals surface area (Å²) in [5, 5.41) is 6.14. The summed E-state index contributed by atoms with van der Waals surface area (Å²) in [5.74, 6) is -1.58. The van der Waals surface area contributed by atoms with Gasteiger partial charge in [-0.25, -0.2) is 4.68 Å². The fourth-order valence-electron chi connectivity index (χ4n) is 3.86. The van der Waals surface area contributed by atoms with E-state index in [2.05, 4.69) is 32.0 Å². The van der Waals surface area contributed by atoms with Gasteiger partial charge >= 0.3 is 11.8 Å². The normalized spacial score (nSPS) is 10.7. The lowest BCUT2D eigenvalue weighted by molar-refractivity contribution is -0.133. The number of carbonyl (C=O) groups is 3. The molecule has 0 saturated heterocycles. The zero-order valence-electron chi connectivity index (χ0n) is 20.0. The first kappa shape index (κ1) is 25.0. The predicted molar refractivity (Wildman–Crippen MR) is 144 cm³/mol. The summed E-state index contributed by atoms with van der Waals surface area (Å²) >= 11 is 3.43. The molecule has 3 N–H and O–H groups in total. The van der Waals surface area contributed by atoms with Crippen LogP contribution in [0.1, 0.15) is 28.5 Å². The molecule has 0 saturated carbocycles. The van der Waals surface area contributed by atoms with Crippen molar-refractivity contribution in [2.45, 2.75) is 20.8 Å². The van der Waals surface area contributed by atoms with Gasteiger partial charge in [0.1, 0.15) is 11.4 Å². The van der Waals surface area contributed by atoms with Gasteiger partial charge in [-0.3, -0.25) is 19.8 Å². The largest absolute Gasteiger partial charge is 0.494 e. The number of hydrogen-bond acceptors (Lipinski definition) is 4. The lowest BCUT2D eigenvalue weighted by Crippen LogP contribution is -2.36. The number of fused-ring (bicyclic) bond motifs is 1. The van der Waals surface area contributed by atoms with E-state index in [1.54, 1.807) is 42.5 Å². The van der Waals surface area contributed by atoms with E-state index in [0.29, 0.717) is 34.6 Å². The van der Waals surface area contributed by atoms with Gasteiger partial charge in [-0.1, -0.05) is 22.0 Å². The molecule has 0 aliphatic carbocycles. The number of carbonyl (C=O) groups excluding carboxylic acids is 3. The summed E-state index contributed by atoms with van der Waals surface area (Å²) in [7, 11) is 0. The number of halogens is 1. The van der Waals surface area contributed by atoms with Crippen LogP contribution < -0.4 is 20.8 Å². The van der Waals surface area contributed by atoms with Crippen LogP contribution in [0.3, 0.4) is 0 Å². The lowest BCUT2D eigenvalue weighted by atomic mass is 10.1. The average molecular weight is 549 g/mol. The smallest absolute Gasteiger partial charge is 0.328 e. The van der Waals surface area contributed by atoms with Crippen molar-refractivity contribution in [1.82, 2.24) is 4.68 Å². The van der Waals surface area contributed by atoms with Crippen molar-refractivity contribution in [3.63, 3.8) is 0 Å². The van der Waals surface area contributed by atoms with E-state index in [9.17, 15) is 14.4 Å². The van der Waals surface area contributed by atoms with Gasteiger partial charge in [0, 0.05) is 21.2 Å². The second kappa shape index (κ2) is 10.7. The summed E-state index contributed by atoms with van der Waals surface area (Å²) in [4.78, 5) is 38.7. The van der Waals surface area contributed by atoms with Gasteiger partial charge in [0.15, 0.2) is 0 Å². The Morgan fingerprint density at radius 1 is 0.833 bits per heavy atom. The van der Waals surface area contributed by atoms with E-state index in [-0.39, 0.29) is 5.69 Å². The van der Waals surface area contributed by atoms with Crippen molar-refractivity contribution in [3.8, 4) is 5.75 Å². The first-order valence-corrected chi connectivity index (χ1v) is 12.1. The number of benzene rings is 3. The van der Waals surface area contributed by atoms with Gasteiger partial charge in [-0.2, -0.15) is 0 Å². The van der Waals surface area contributed by atoms with E-state index < -0.39 is 17.7 Å². The summed E-state index contributed by atoms with van der Waals surface area (Å²) in [6.45, 7) is 6.29. The topological polar surface area (TPSA) is 101 Å². The number of aromatic nitrogens is 1. The Morgan fingerprint density at radius 2 is 1.53 bits per heavy atom. The van der Waals surface area contributed by atoms with Crippen molar-refractivity contribution < 1.29 is 19.1 Å². The van der Waals surface area contributed by atoms with Crippen LogP contribution in [-0.2, 0) is 9.59 Å². The number of aryl methyl sites for hydroxylation is 2. The van der Waals surface area contributed by atoms with E-state index in [1.807, 2.05) is 45.0 Å². The number of anilines is 2. The third kappa shape index (κ3) is 5.75. The Kier molecular flexibility index (Phi) is 7.40. The molecule has 0 aliphatic rings. The van der Waals surface area contributed by atoms with Crippen LogP contribution in [0.5, 0.6) is 5.75 Å². The van der Waals surface area contributed by atoms with Crippen LogP contribution in [-0.4, -0.2) is 29.0 Å². The maximum atomic E-state index is 13.2. The monoisotopic (exact) mass is 548 g/mol. The summed E-state index contributed by atoms with van der Waals surface area (Å²) in [6, 6.07) is 19.4. The van der Waals surface area contributed by atoms with Gasteiger partial charge in [0.05, 0.1) is 12.1 Å². The Labute approximate surface area is 216 Å². The SMILES string of the molecule is CCOc1ccc(NC(=O)C(=O)Nn2c(C(=O)Nc3cc(C)cc(C)c3)cc3cc(Br)ccc32)cc1. The van der Waals surface area contributed by atoms with Crippen LogP contribution in [0, 0.1) is 13.8 Å². The third-order valence-electron chi connectivity index (χ3n) is 5.32. The zero-order valence-corrected chi connectivity index (χ0v) is 21.6. The number of nitrogens with zero attached hydrogens (tertiary/aromatic N) is 1. The average Bonchev–Trinajstić information content (AvgIpc) is 3.17. The van der Waals surface area contributed by atoms with Crippen LogP contribution >= 0.6 is 15.9 Å². The maximum absolute atomic E-state index is 13.2. The second-order valence-electron chi connectivity index (χ2n) is 8.25. The molecule has 4 aromatic rings. The summed E-state index contributed by atoms with van der Waals surface area (Å²) in [5.41, 5.74) is 6.38. The van der Waals surface area contributed by atoms with Gasteiger partial charge in [0.25, 0.3) is 5.91 Å². The minimum Gasteiger partial charge on any atom is -0.494 e. The van der Waals surface area contributed by atoms with Crippen molar-refractivity contribution in [2.75, 3.05) is 22.7 Å². The molecule has 4 rings (SSSR count). The maximum Gasteiger partial charge on any atom is 0.328 e. The number of ether oxygens (including phenoxy) is 1. The zero-order chi connectivity index (χ0) is 25.8. The van der Waals surface area contributed by atoms with Crippen molar-refractivity contribution in [1.29, 1.82) is 0 Å². The molecule has 0 spiro atoms. The van der Waals surface area contributed by atoms with Crippen LogP contribution in [0.4, 0.5) is 11.4 Å². The highest BCUT2D eigenvalue weighted by Crippen LogP contribution is 2.24. The fourth-order valence-corrected chi connectivity index (χ4v) is 4.24. The van der Waals surface area contributed by atoms with E-state index in [4.69, 9.17) is 4.74 Å².